The third-order valence-electron chi connectivity index (χ3n) is 0.830. The molecule has 1 radical (unpaired) electrons. The van der Waals surface area contributed by atoms with Crippen LogP contribution in [0.15, 0.2) is 29.6 Å². The molecule has 45 valence electrons. The lowest BCUT2D eigenvalue weighted by molar-refractivity contribution is 0.335. The van der Waals surface area contributed by atoms with Gasteiger partial charge < -0.3 is 4.84 Å². The van der Waals surface area contributed by atoms with Crippen LogP contribution in [0.3, 0.4) is 0 Å². The van der Waals surface area contributed by atoms with Gasteiger partial charge in [0.15, 0.2) is 11.1 Å². The van der Waals surface area contributed by atoms with Crippen LogP contribution in [0.2, 0.25) is 0 Å². The van der Waals surface area contributed by atoms with Gasteiger partial charge in [-0.2, -0.15) is 0 Å². The molecule has 0 fully saturated rings. The van der Waals surface area contributed by atoms with E-state index in [1.807, 2.05) is 0 Å². The normalized spacial score (nSPS) is 8.44. The maximum Gasteiger partial charge on any atom is 0.161 e. The molecule has 0 heterocycles. The van der Waals surface area contributed by atoms with Crippen LogP contribution < -0.4 is 4.84 Å². The standard InChI is InChI=1S/C6H4NO2/c8-7-9-6-4-2-1-3-5-6/h2-5H. The van der Waals surface area contributed by atoms with E-state index >= 15 is 0 Å². The summed E-state index contributed by atoms with van der Waals surface area (Å²) in [6, 6.07) is 9.24. The van der Waals surface area contributed by atoms with Crippen LogP contribution in [0.5, 0.6) is 5.75 Å². The zero-order chi connectivity index (χ0) is 6.53. The summed E-state index contributed by atoms with van der Waals surface area (Å²) in [5.41, 5.74) is 0. The largest absolute Gasteiger partial charge is 0.324 e. The van der Waals surface area contributed by atoms with Crippen molar-refractivity contribution >= 4 is 0 Å². The third-order valence-corrected chi connectivity index (χ3v) is 0.830. The van der Waals surface area contributed by atoms with Gasteiger partial charge in [-0.3, -0.25) is 0 Å². The van der Waals surface area contributed by atoms with Gasteiger partial charge in [0.25, 0.3) is 0 Å². The highest BCUT2D eigenvalue weighted by Crippen LogP contribution is 2.06. The SMILES string of the molecule is O=NOc1cc[c]cc1. The van der Waals surface area contributed by atoms with Gasteiger partial charge in [-0.15, -0.1) is 4.91 Å². The summed E-state index contributed by atoms with van der Waals surface area (Å²) in [6.07, 6.45) is 0. The van der Waals surface area contributed by atoms with E-state index in [0.29, 0.717) is 5.75 Å². The van der Waals surface area contributed by atoms with Crippen LogP contribution in [-0.4, -0.2) is 0 Å². The van der Waals surface area contributed by atoms with Gasteiger partial charge >= 0.3 is 0 Å². The van der Waals surface area contributed by atoms with E-state index in [1.54, 1.807) is 24.3 Å². The maximum absolute atomic E-state index is 9.49. The van der Waals surface area contributed by atoms with Crippen molar-refractivity contribution in [2.75, 3.05) is 0 Å². The van der Waals surface area contributed by atoms with Crippen LogP contribution in [0.25, 0.3) is 0 Å². The number of benzene rings is 1. The maximum atomic E-state index is 9.49. The highest BCUT2D eigenvalue weighted by atomic mass is 16.7. The second kappa shape index (κ2) is 2.81. The van der Waals surface area contributed by atoms with Crippen molar-refractivity contribution in [3.8, 4) is 5.75 Å². The van der Waals surface area contributed by atoms with E-state index in [0.717, 1.165) is 0 Å². The Morgan fingerprint density at radius 2 is 2.11 bits per heavy atom. The quantitative estimate of drug-likeness (QED) is 0.441. The monoisotopic (exact) mass is 122 g/mol. The average molecular weight is 122 g/mol. The molecule has 0 atom stereocenters. The summed E-state index contributed by atoms with van der Waals surface area (Å²) in [4.78, 5) is 13.7. The Labute approximate surface area is 52.2 Å². The van der Waals surface area contributed by atoms with Crippen molar-refractivity contribution < 1.29 is 4.84 Å². The van der Waals surface area contributed by atoms with Gasteiger partial charge in [-0.25, -0.2) is 0 Å². The van der Waals surface area contributed by atoms with E-state index in [9.17, 15) is 4.91 Å². The summed E-state index contributed by atoms with van der Waals surface area (Å²) >= 11 is 0. The van der Waals surface area contributed by atoms with E-state index in [1.165, 1.54) is 0 Å². The Bertz CT molecular complexity index is 186. The first-order valence-corrected chi connectivity index (χ1v) is 2.39. The molecular weight excluding hydrogens is 118 g/mol. The van der Waals surface area contributed by atoms with E-state index in [4.69, 9.17) is 0 Å². The predicted molar refractivity (Wildman–Crippen MR) is 31.7 cm³/mol. The molecule has 1 aromatic rings. The summed E-state index contributed by atoms with van der Waals surface area (Å²) in [5, 5.41) is 2.24. The Kier molecular flexibility index (Phi) is 1.80. The molecule has 0 N–H and O–H groups in total. The highest BCUT2D eigenvalue weighted by Gasteiger charge is 1.86. The minimum Gasteiger partial charge on any atom is -0.324 e. The van der Waals surface area contributed by atoms with Crippen LogP contribution >= 0.6 is 0 Å². The fraction of sp³-hybridized carbons (Fsp3) is 0. The molecule has 1 rings (SSSR count). The van der Waals surface area contributed by atoms with Crippen LogP contribution in [0, 0.1) is 11.0 Å². The molecule has 0 saturated heterocycles. The van der Waals surface area contributed by atoms with Gasteiger partial charge in [0.05, 0.1) is 0 Å². The van der Waals surface area contributed by atoms with E-state index in [2.05, 4.69) is 16.2 Å². The molecule has 0 aliphatic heterocycles. The topological polar surface area (TPSA) is 38.7 Å². The first-order valence-electron chi connectivity index (χ1n) is 2.39. The molecule has 0 aliphatic rings. The van der Waals surface area contributed by atoms with E-state index < -0.39 is 0 Å². The van der Waals surface area contributed by atoms with Crippen molar-refractivity contribution in [1.82, 2.24) is 0 Å². The number of hydrogen-bond acceptors (Lipinski definition) is 3. The number of rotatable bonds is 2. The molecule has 0 aliphatic carbocycles. The van der Waals surface area contributed by atoms with Gasteiger partial charge in [-0.1, -0.05) is 12.1 Å². The first-order chi connectivity index (χ1) is 4.43. The molecular formula is C6H4NO2. The molecule has 0 aromatic heterocycles. The smallest absolute Gasteiger partial charge is 0.161 e. The lowest BCUT2D eigenvalue weighted by Crippen LogP contribution is -1.76. The van der Waals surface area contributed by atoms with Crippen molar-refractivity contribution in [1.29, 1.82) is 0 Å². The molecule has 3 nitrogen and oxygen atoms in total. The van der Waals surface area contributed by atoms with Gasteiger partial charge in [0, 0.05) is 0 Å². The summed E-state index contributed by atoms with van der Waals surface area (Å²) < 4.78 is 0. The highest BCUT2D eigenvalue weighted by molar-refractivity contribution is 5.19. The fourth-order valence-electron chi connectivity index (χ4n) is 0.475. The Hall–Kier alpha value is -1.38. The van der Waals surface area contributed by atoms with Crippen molar-refractivity contribution in [2.24, 2.45) is 5.34 Å². The molecule has 0 saturated carbocycles. The van der Waals surface area contributed by atoms with Crippen LogP contribution in [0.4, 0.5) is 0 Å². The fourth-order valence-corrected chi connectivity index (χ4v) is 0.475. The van der Waals surface area contributed by atoms with Crippen LogP contribution in [-0.2, 0) is 0 Å². The van der Waals surface area contributed by atoms with Gasteiger partial charge in [0.1, 0.15) is 0 Å². The molecule has 3 heteroatoms. The van der Waals surface area contributed by atoms with Gasteiger partial charge in [-0.05, 0) is 18.2 Å². The minimum atomic E-state index is 0.434. The van der Waals surface area contributed by atoms with Crippen LogP contribution in [0.1, 0.15) is 0 Å². The average Bonchev–Trinajstić information content (AvgIpc) is 1.91. The summed E-state index contributed by atoms with van der Waals surface area (Å²) in [5.74, 6) is 0.434. The second-order valence-electron chi connectivity index (χ2n) is 1.40. The Morgan fingerprint density at radius 1 is 1.44 bits per heavy atom. The zero-order valence-corrected chi connectivity index (χ0v) is 4.57. The number of nitrogens with zero attached hydrogens (tertiary/aromatic N) is 1. The lowest BCUT2D eigenvalue weighted by Gasteiger charge is -1.89. The van der Waals surface area contributed by atoms with Crippen molar-refractivity contribution in [3.63, 3.8) is 0 Å². The molecule has 1 aromatic carbocycles. The van der Waals surface area contributed by atoms with Gasteiger partial charge in [0.2, 0.25) is 0 Å². The Balaban J connectivity index is 2.72. The third kappa shape index (κ3) is 1.53. The summed E-state index contributed by atoms with van der Waals surface area (Å²) in [6.45, 7) is 0. The lowest BCUT2D eigenvalue weighted by atomic mass is 10.3. The van der Waals surface area contributed by atoms with Crippen molar-refractivity contribution in [3.05, 3.63) is 35.2 Å². The van der Waals surface area contributed by atoms with E-state index in [-0.39, 0.29) is 0 Å². The Morgan fingerprint density at radius 3 is 2.67 bits per heavy atom. The zero-order valence-electron chi connectivity index (χ0n) is 4.57. The molecule has 0 spiro atoms. The molecule has 0 bridgehead atoms. The number of hydrogen-bond donors (Lipinski definition) is 0. The minimum absolute atomic E-state index is 0.434. The van der Waals surface area contributed by atoms with Crippen molar-refractivity contribution in [2.45, 2.75) is 0 Å². The second-order valence-corrected chi connectivity index (χ2v) is 1.40. The molecule has 0 unspecified atom stereocenters. The molecule has 9 heavy (non-hydrogen) atoms. The summed E-state index contributed by atoms with van der Waals surface area (Å²) in [7, 11) is 0. The first kappa shape index (κ1) is 5.75. The molecule has 0 amide bonds. The predicted octanol–water partition coefficient (Wildman–Crippen LogP) is 1.55.